The zero-order chi connectivity index (χ0) is 9.42. The number of hydrogen-bond acceptors (Lipinski definition) is 2. The molecule has 1 heterocycles. The molecule has 0 bridgehead atoms. The van der Waals surface area contributed by atoms with E-state index in [1.165, 1.54) is 0 Å². The lowest BCUT2D eigenvalue weighted by atomic mass is 10.2. The minimum absolute atomic E-state index is 0.0845. The number of hydrogen-bond donors (Lipinski definition) is 2. The summed E-state index contributed by atoms with van der Waals surface area (Å²) in [6, 6.07) is 6.86. The van der Waals surface area contributed by atoms with Gasteiger partial charge in [0.15, 0.2) is 17.7 Å². The van der Waals surface area contributed by atoms with Crippen LogP contribution in [0.25, 0.3) is 10.9 Å². The molecule has 0 unspecified atom stereocenters. The third kappa shape index (κ3) is 1.18. The fourth-order valence-corrected chi connectivity index (χ4v) is 1.38. The Morgan fingerprint density at radius 2 is 1.85 bits per heavy atom. The highest BCUT2D eigenvalue weighted by atomic mass is 16.3. The van der Waals surface area contributed by atoms with Crippen molar-refractivity contribution in [2.75, 3.05) is 0 Å². The highest BCUT2D eigenvalue weighted by Gasteiger charge is 2.08. The van der Waals surface area contributed by atoms with Crippen LogP contribution in [0.15, 0.2) is 30.5 Å². The molecule has 3 heteroatoms. The van der Waals surface area contributed by atoms with E-state index in [1.807, 2.05) is 29.9 Å². The number of aryl methyl sites for hydroxylation is 1. The smallest absolute Gasteiger partial charge is 0.216 e. The average Bonchev–Trinajstić information content (AvgIpc) is 2.09. The van der Waals surface area contributed by atoms with Crippen LogP contribution in [0.4, 0.5) is 0 Å². The first-order valence-electron chi connectivity index (χ1n) is 3.99. The first-order valence-corrected chi connectivity index (χ1v) is 3.99. The van der Waals surface area contributed by atoms with E-state index in [0.29, 0.717) is 0 Å². The SMILES string of the molecule is C[n+]1cccc2cc(O)c(O)cc21. The average molecular weight is 176 g/mol. The maximum absolute atomic E-state index is 9.28. The summed E-state index contributed by atoms with van der Waals surface area (Å²) in [6.07, 6.45) is 1.89. The molecule has 0 fully saturated rings. The maximum atomic E-state index is 9.28. The van der Waals surface area contributed by atoms with Gasteiger partial charge in [0.2, 0.25) is 5.52 Å². The van der Waals surface area contributed by atoms with Crippen molar-refractivity contribution < 1.29 is 14.8 Å². The van der Waals surface area contributed by atoms with Gasteiger partial charge in [0.1, 0.15) is 7.05 Å². The van der Waals surface area contributed by atoms with Crippen LogP contribution < -0.4 is 4.57 Å². The van der Waals surface area contributed by atoms with Crippen LogP contribution in [-0.4, -0.2) is 10.2 Å². The molecular weight excluding hydrogens is 166 g/mol. The topological polar surface area (TPSA) is 44.3 Å². The summed E-state index contributed by atoms with van der Waals surface area (Å²) in [6.45, 7) is 0. The molecule has 1 aromatic carbocycles. The standard InChI is InChI=1S/C10H9NO2/c1-11-4-2-3-7-5-9(12)10(13)6-8(7)11/h2-6,12H,1H3/p+1. The second-order valence-electron chi connectivity index (χ2n) is 3.02. The molecular formula is C10H10NO2+. The summed E-state index contributed by atoms with van der Waals surface area (Å²) >= 11 is 0. The van der Waals surface area contributed by atoms with E-state index in [4.69, 9.17) is 0 Å². The van der Waals surface area contributed by atoms with Gasteiger partial charge in [-0.2, -0.15) is 0 Å². The number of phenols is 2. The first-order chi connectivity index (χ1) is 6.18. The van der Waals surface area contributed by atoms with E-state index in [1.54, 1.807) is 12.1 Å². The normalized spacial score (nSPS) is 10.5. The molecule has 66 valence electrons. The van der Waals surface area contributed by atoms with Crippen LogP contribution >= 0.6 is 0 Å². The highest BCUT2D eigenvalue weighted by Crippen LogP contribution is 2.27. The van der Waals surface area contributed by atoms with E-state index in [2.05, 4.69) is 0 Å². The van der Waals surface area contributed by atoms with Gasteiger partial charge in [0.25, 0.3) is 0 Å². The van der Waals surface area contributed by atoms with Crippen molar-refractivity contribution >= 4 is 10.9 Å². The van der Waals surface area contributed by atoms with Crippen molar-refractivity contribution in [3.63, 3.8) is 0 Å². The number of pyridine rings is 1. The molecule has 0 spiro atoms. The van der Waals surface area contributed by atoms with Gasteiger partial charge in [-0.05, 0) is 12.1 Å². The Balaban J connectivity index is 2.89. The lowest BCUT2D eigenvalue weighted by Crippen LogP contribution is -2.27. The molecule has 2 aromatic rings. The number of aromatic nitrogens is 1. The van der Waals surface area contributed by atoms with Gasteiger partial charge in [-0.3, -0.25) is 0 Å². The van der Waals surface area contributed by atoms with Crippen LogP contribution in [0, 0.1) is 0 Å². The number of phenolic OH excluding ortho intramolecular Hbond substituents is 2. The van der Waals surface area contributed by atoms with E-state index < -0.39 is 0 Å². The van der Waals surface area contributed by atoms with Crippen molar-refractivity contribution in [1.82, 2.24) is 0 Å². The predicted octanol–water partition coefficient (Wildman–Crippen LogP) is 1.08. The highest BCUT2D eigenvalue weighted by molar-refractivity contribution is 5.79. The summed E-state index contributed by atoms with van der Waals surface area (Å²) in [4.78, 5) is 0. The summed E-state index contributed by atoms with van der Waals surface area (Å²) in [5.74, 6) is -0.173. The van der Waals surface area contributed by atoms with Crippen LogP contribution in [-0.2, 0) is 7.05 Å². The maximum Gasteiger partial charge on any atom is 0.216 e. The molecule has 0 atom stereocenters. The van der Waals surface area contributed by atoms with Gasteiger partial charge in [-0.25, -0.2) is 4.57 Å². The summed E-state index contributed by atoms with van der Waals surface area (Å²) < 4.78 is 1.88. The molecule has 1 aromatic heterocycles. The second kappa shape index (κ2) is 2.62. The fraction of sp³-hybridized carbons (Fsp3) is 0.100. The summed E-state index contributed by atoms with van der Waals surface area (Å²) in [5.41, 5.74) is 0.887. The molecule has 2 rings (SSSR count). The molecule has 2 N–H and O–H groups in total. The van der Waals surface area contributed by atoms with Crippen molar-refractivity contribution in [3.8, 4) is 11.5 Å². The zero-order valence-corrected chi connectivity index (χ0v) is 7.23. The van der Waals surface area contributed by atoms with Crippen molar-refractivity contribution in [1.29, 1.82) is 0 Å². The third-order valence-electron chi connectivity index (χ3n) is 2.09. The Hall–Kier alpha value is -1.77. The number of benzene rings is 1. The van der Waals surface area contributed by atoms with Crippen molar-refractivity contribution in [2.45, 2.75) is 0 Å². The second-order valence-corrected chi connectivity index (χ2v) is 3.02. The minimum Gasteiger partial charge on any atom is -0.504 e. The zero-order valence-electron chi connectivity index (χ0n) is 7.23. The van der Waals surface area contributed by atoms with E-state index in [-0.39, 0.29) is 11.5 Å². The molecule has 0 aliphatic carbocycles. The molecule has 0 saturated carbocycles. The van der Waals surface area contributed by atoms with Crippen molar-refractivity contribution in [3.05, 3.63) is 30.5 Å². The van der Waals surface area contributed by atoms with E-state index in [9.17, 15) is 10.2 Å². The largest absolute Gasteiger partial charge is 0.504 e. The molecule has 0 amide bonds. The Morgan fingerprint density at radius 3 is 2.62 bits per heavy atom. The predicted molar refractivity (Wildman–Crippen MR) is 48.5 cm³/mol. The van der Waals surface area contributed by atoms with Gasteiger partial charge in [-0.15, -0.1) is 0 Å². The van der Waals surface area contributed by atoms with Gasteiger partial charge >= 0.3 is 0 Å². The molecule has 0 aliphatic rings. The minimum atomic E-state index is -0.0886. The molecule has 0 radical (unpaired) electrons. The van der Waals surface area contributed by atoms with Gasteiger partial charge in [0.05, 0.1) is 11.5 Å². The quantitative estimate of drug-likeness (QED) is 0.466. The lowest BCUT2D eigenvalue weighted by molar-refractivity contribution is -0.644. The van der Waals surface area contributed by atoms with Gasteiger partial charge < -0.3 is 10.2 Å². The van der Waals surface area contributed by atoms with Crippen LogP contribution in [0.3, 0.4) is 0 Å². The fourth-order valence-electron chi connectivity index (χ4n) is 1.38. The number of rotatable bonds is 0. The van der Waals surface area contributed by atoms with Crippen LogP contribution in [0.2, 0.25) is 0 Å². The number of aromatic hydroxyl groups is 2. The summed E-state index contributed by atoms with van der Waals surface area (Å²) in [5, 5.41) is 19.4. The Bertz CT molecular complexity index is 466. The molecule has 3 nitrogen and oxygen atoms in total. The van der Waals surface area contributed by atoms with Gasteiger partial charge in [-0.1, -0.05) is 0 Å². The van der Waals surface area contributed by atoms with E-state index in [0.717, 1.165) is 10.9 Å². The Morgan fingerprint density at radius 1 is 1.15 bits per heavy atom. The van der Waals surface area contributed by atoms with Gasteiger partial charge in [0, 0.05) is 6.07 Å². The number of fused-ring (bicyclic) bond motifs is 1. The molecule has 0 saturated heterocycles. The summed E-state index contributed by atoms with van der Waals surface area (Å²) in [7, 11) is 1.89. The van der Waals surface area contributed by atoms with E-state index >= 15 is 0 Å². The molecule has 0 aliphatic heterocycles. The Kier molecular flexibility index (Phi) is 1.59. The monoisotopic (exact) mass is 176 g/mol. The van der Waals surface area contributed by atoms with Crippen LogP contribution in [0.5, 0.6) is 11.5 Å². The third-order valence-corrected chi connectivity index (χ3v) is 2.09. The molecule has 13 heavy (non-hydrogen) atoms. The number of nitrogens with zero attached hydrogens (tertiary/aromatic N) is 1. The first kappa shape index (κ1) is 7.86. The lowest BCUT2D eigenvalue weighted by Gasteiger charge is -1.99. The van der Waals surface area contributed by atoms with Crippen LogP contribution in [0.1, 0.15) is 0 Å². The Labute approximate surface area is 75.5 Å². The van der Waals surface area contributed by atoms with Crippen molar-refractivity contribution in [2.24, 2.45) is 7.05 Å².